The number of benzene rings is 2. The van der Waals surface area contributed by atoms with Crippen molar-refractivity contribution in [3.63, 3.8) is 0 Å². The van der Waals surface area contributed by atoms with Crippen LogP contribution >= 0.6 is 0 Å². The number of ether oxygens (including phenoxy) is 3. The summed E-state index contributed by atoms with van der Waals surface area (Å²) in [5.41, 5.74) is 7.39. The molecule has 0 radical (unpaired) electrons. The summed E-state index contributed by atoms with van der Waals surface area (Å²) in [7, 11) is 0. The second kappa shape index (κ2) is 16.7. The summed E-state index contributed by atoms with van der Waals surface area (Å²) in [6.45, 7) is 7.79. The van der Waals surface area contributed by atoms with Crippen LogP contribution in [0.15, 0.2) is 60.7 Å². The Bertz CT molecular complexity index is 1190. The van der Waals surface area contributed by atoms with Gasteiger partial charge in [-0.2, -0.15) is 0 Å². The lowest BCUT2D eigenvalue weighted by Gasteiger charge is -2.47. The van der Waals surface area contributed by atoms with Crippen LogP contribution in [0.25, 0.3) is 0 Å². The normalized spacial score (nSPS) is 32.0. The number of fused-ring (bicyclic) bond motifs is 1. The standard InChI is InChI=1S/C38H54N2O5/c1-26-27(2)37(44-24-30-16-10-7-11-17-30)38(45-35(26)25-43-23-29-14-8-6-9-15-29)31-18-12-4-5-13-19-32-33(21-20-31)34(32)22-36(42)40-39-28(3)41/h6-11,14-17,26-27,31-35,37-38H,4-5,12-13,18-25H2,1-3H3,(H,39,41)(H,40,42). The average Bonchev–Trinajstić information content (AvgIpc) is 3.71. The van der Waals surface area contributed by atoms with Crippen LogP contribution in [0.2, 0.25) is 0 Å². The van der Waals surface area contributed by atoms with Crippen molar-refractivity contribution < 1.29 is 23.8 Å². The van der Waals surface area contributed by atoms with Gasteiger partial charge >= 0.3 is 0 Å². The largest absolute Gasteiger partial charge is 0.374 e. The molecule has 1 heterocycles. The second-order valence-corrected chi connectivity index (χ2v) is 13.9. The van der Waals surface area contributed by atoms with Crippen molar-refractivity contribution in [1.29, 1.82) is 0 Å². The predicted molar refractivity (Wildman–Crippen MR) is 176 cm³/mol. The first-order chi connectivity index (χ1) is 21.9. The number of rotatable bonds is 10. The van der Waals surface area contributed by atoms with E-state index in [1.54, 1.807) is 0 Å². The first kappa shape index (κ1) is 33.6. The zero-order valence-corrected chi connectivity index (χ0v) is 27.5. The van der Waals surface area contributed by atoms with Gasteiger partial charge in [0.2, 0.25) is 11.8 Å². The number of hydrazine groups is 1. The van der Waals surface area contributed by atoms with E-state index in [0.29, 0.717) is 61.7 Å². The van der Waals surface area contributed by atoms with E-state index in [1.165, 1.54) is 50.2 Å². The fraction of sp³-hybridized carbons (Fsp3) is 0.632. The molecule has 246 valence electrons. The van der Waals surface area contributed by atoms with Crippen molar-refractivity contribution in [3.05, 3.63) is 71.8 Å². The van der Waals surface area contributed by atoms with Crippen molar-refractivity contribution >= 4 is 11.8 Å². The van der Waals surface area contributed by atoms with Crippen molar-refractivity contribution in [2.24, 2.45) is 35.5 Å². The summed E-state index contributed by atoms with van der Waals surface area (Å²) in [4.78, 5) is 23.8. The highest BCUT2D eigenvalue weighted by Gasteiger charge is 2.51. The number of carbonyl (C=O) groups excluding carboxylic acids is 2. The third kappa shape index (κ3) is 9.63. The Morgan fingerprint density at radius 2 is 1.42 bits per heavy atom. The zero-order chi connectivity index (χ0) is 31.6. The predicted octanol–water partition coefficient (Wildman–Crippen LogP) is 7.00. The van der Waals surface area contributed by atoms with Crippen molar-refractivity contribution in [3.8, 4) is 0 Å². The molecule has 2 aliphatic carbocycles. The van der Waals surface area contributed by atoms with E-state index in [2.05, 4.69) is 73.2 Å². The van der Waals surface area contributed by atoms with Gasteiger partial charge in [0.15, 0.2) is 0 Å². The molecule has 2 aromatic rings. The van der Waals surface area contributed by atoms with Crippen LogP contribution < -0.4 is 10.9 Å². The molecule has 2 aromatic carbocycles. The van der Waals surface area contributed by atoms with Gasteiger partial charge in [-0.25, -0.2) is 0 Å². The maximum absolute atomic E-state index is 12.6. The highest BCUT2D eigenvalue weighted by molar-refractivity contribution is 5.81. The molecule has 1 aliphatic heterocycles. The molecule has 9 unspecified atom stereocenters. The fourth-order valence-corrected chi connectivity index (χ4v) is 7.92. The Morgan fingerprint density at radius 3 is 2.11 bits per heavy atom. The Hall–Kier alpha value is -2.74. The molecule has 45 heavy (non-hydrogen) atoms. The lowest BCUT2D eigenvalue weighted by atomic mass is 9.75. The number of hydrogen-bond donors (Lipinski definition) is 2. The molecule has 3 aliphatic rings. The van der Waals surface area contributed by atoms with Crippen molar-refractivity contribution in [2.75, 3.05) is 6.61 Å². The molecule has 1 saturated heterocycles. The Morgan fingerprint density at radius 1 is 0.778 bits per heavy atom. The minimum Gasteiger partial charge on any atom is -0.374 e. The van der Waals surface area contributed by atoms with Gasteiger partial charge in [0.05, 0.1) is 38.1 Å². The summed E-state index contributed by atoms with van der Waals surface area (Å²) in [5, 5.41) is 0. The van der Waals surface area contributed by atoms with Crippen LogP contribution in [0.4, 0.5) is 0 Å². The maximum Gasteiger partial charge on any atom is 0.238 e. The van der Waals surface area contributed by atoms with Crippen LogP contribution in [-0.4, -0.2) is 36.7 Å². The second-order valence-electron chi connectivity index (χ2n) is 13.9. The van der Waals surface area contributed by atoms with Gasteiger partial charge in [0.25, 0.3) is 0 Å². The Balaban J connectivity index is 1.28. The van der Waals surface area contributed by atoms with E-state index < -0.39 is 0 Å². The SMILES string of the molecule is CC(=O)NNC(=O)CC1C2CCCCCCC(C3OC(COCc4ccccc4)C(C)C(C)C3OCc3ccccc3)CCC21. The molecule has 0 aromatic heterocycles. The number of amides is 2. The molecule has 9 atom stereocenters. The summed E-state index contributed by atoms with van der Waals surface area (Å²) in [5.74, 6) is 2.25. The quantitative estimate of drug-likeness (QED) is 0.280. The summed E-state index contributed by atoms with van der Waals surface area (Å²) in [6, 6.07) is 20.8. The lowest BCUT2D eigenvalue weighted by Crippen LogP contribution is -2.54. The van der Waals surface area contributed by atoms with E-state index in [1.807, 2.05) is 12.1 Å². The minimum absolute atomic E-state index is 0.00436. The van der Waals surface area contributed by atoms with Gasteiger partial charge in [-0.3, -0.25) is 20.4 Å². The molecule has 3 fully saturated rings. The van der Waals surface area contributed by atoms with Crippen LogP contribution in [0.1, 0.15) is 89.7 Å². The van der Waals surface area contributed by atoms with E-state index in [4.69, 9.17) is 14.2 Å². The molecular formula is C38H54N2O5. The molecule has 0 bridgehead atoms. The molecule has 2 N–H and O–H groups in total. The van der Waals surface area contributed by atoms with Crippen molar-refractivity contribution in [2.45, 2.75) is 110 Å². The number of nitrogens with one attached hydrogen (secondary N) is 2. The fourth-order valence-electron chi connectivity index (χ4n) is 7.92. The average molecular weight is 619 g/mol. The summed E-state index contributed by atoms with van der Waals surface area (Å²) < 4.78 is 20.1. The number of hydrogen-bond acceptors (Lipinski definition) is 5. The van der Waals surface area contributed by atoms with Gasteiger partial charge in [0.1, 0.15) is 0 Å². The van der Waals surface area contributed by atoms with Crippen molar-refractivity contribution in [1.82, 2.24) is 10.9 Å². The van der Waals surface area contributed by atoms with Gasteiger partial charge in [-0.15, -0.1) is 0 Å². The van der Waals surface area contributed by atoms with Crippen LogP contribution in [0, 0.1) is 35.5 Å². The summed E-state index contributed by atoms with van der Waals surface area (Å²) in [6.07, 6.45) is 9.96. The van der Waals surface area contributed by atoms with Gasteiger partial charge in [-0.1, -0.05) is 100 Å². The maximum atomic E-state index is 12.6. The van der Waals surface area contributed by atoms with Crippen LogP contribution in [-0.2, 0) is 37.0 Å². The molecule has 2 amide bonds. The molecule has 7 heteroatoms. The molecular weight excluding hydrogens is 564 g/mol. The van der Waals surface area contributed by atoms with E-state index >= 15 is 0 Å². The summed E-state index contributed by atoms with van der Waals surface area (Å²) >= 11 is 0. The van der Waals surface area contributed by atoms with Crippen LogP contribution in [0.5, 0.6) is 0 Å². The van der Waals surface area contributed by atoms with Gasteiger partial charge in [-0.05, 0) is 72.3 Å². The van der Waals surface area contributed by atoms with Crippen LogP contribution in [0.3, 0.4) is 0 Å². The third-order valence-electron chi connectivity index (χ3n) is 10.8. The van der Waals surface area contributed by atoms with E-state index in [9.17, 15) is 9.59 Å². The molecule has 2 saturated carbocycles. The highest BCUT2D eigenvalue weighted by atomic mass is 16.6. The van der Waals surface area contributed by atoms with E-state index in [0.717, 1.165) is 19.3 Å². The third-order valence-corrected chi connectivity index (χ3v) is 10.8. The highest BCUT2D eigenvalue weighted by Crippen LogP contribution is 2.55. The smallest absolute Gasteiger partial charge is 0.238 e. The zero-order valence-electron chi connectivity index (χ0n) is 27.5. The monoisotopic (exact) mass is 618 g/mol. The molecule has 0 spiro atoms. The molecule has 5 rings (SSSR count). The Labute approximate surface area is 270 Å². The topological polar surface area (TPSA) is 85.9 Å². The minimum atomic E-state index is -0.249. The first-order valence-electron chi connectivity index (χ1n) is 17.4. The number of carbonyl (C=O) groups is 2. The Kier molecular flexibility index (Phi) is 12.5. The van der Waals surface area contributed by atoms with Gasteiger partial charge < -0.3 is 14.2 Å². The first-order valence-corrected chi connectivity index (χ1v) is 17.4. The van der Waals surface area contributed by atoms with E-state index in [-0.39, 0.29) is 30.1 Å². The lowest BCUT2D eigenvalue weighted by molar-refractivity contribution is -0.220. The van der Waals surface area contributed by atoms with Gasteiger partial charge in [0, 0.05) is 13.3 Å². The molecule has 7 nitrogen and oxygen atoms in total.